The third-order valence-corrected chi connectivity index (χ3v) is 1.28. The summed E-state index contributed by atoms with van der Waals surface area (Å²) in [5, 5.41) is 0. The van der Waals surface area contributed by atoms with Gasteiger partial charge in [-0.25, -0.2) is 0 Å². The second-order valence-corrected chi connectivity index (χ2v) is 3.11. The number of carbonyl (C=O) groups excluding carboxylic acids is 4. The summed E-state index contributed by atoms with van der Waals surface area (Å²) in [5.41, 5.74) is 24.8. The summed E-state index contributed by atoms with van der Waals surface area (Å²) in [4.78, 5) is 37.9. The second-order valence-electron chi connectivity index (χ2n) is 3.11. The standard InChI is InChI=1S/4C3H7NO.W/c4*1-2-3(4)5;/h4*2H2,1H3,(H2,4,5);/p-4. The van der Waals surface area contributed by atoms with Gasteiger partial charge in [0.15, 0.2) is 0 Å². The molecule has 0 radical (unpaired) electrons. The molecule has 0 spiro atoms. The van der Waals surface area contributed by atoms with Crippen LogP contribution in [0.4, 0.5) is 0 Å². The third-order valence-electron chi connectivity index (χ3n) is 1.28. The largest absolute Gasteiger partial charge is 0.668 e. The van der Waals surface area contributed by atoms with E-state index in [0.717, 1.165) is 0 Å². The maximum Gasteiger partial charge on any atom is 0.0484 e. The van der Waals surface area contributed by atoms with Crippen molar-refractivity contribution in [2.75, 3.05) is 0 Å². The summed E-state index contributed by atoms with van der Waals surface area (Å²) in [6.07, 6.45) is 1.33. The molecule has 0 atom stereocenters. The molecule has 0 aliphatic rings. The Labute approximate surface area is 140 Å². The van der Waals surface area contributed by atoms with Crippen molar-refractivity contribution in [3.63, 3.8) is 0 Å². The Morgan fingerprint density at radius 2 is 0.571 bits per heavy atom. The Bertz CT molecular complexity index is 230. The van der Waals surface area contributed by atoms with Gasteiger partial charge in [0.2, 0.25) is 0 Å². The summed E-state index contributed by atoms with van der Waals surface area (Å²) in [7, 11) is 0. The van der Waals surface area contributed by atoms with E-state index in [9.17, 15) is 19.2 Å². The van der Waals surface area contributed by atoms with Gasteiger partial charge < -0.3 is 42.1 Å². The van der Waals surface area contributed by atoms with Crippen LogP contribution in [0.2, 0.25) is 0 Å². The van der Waals surface area contributed by atoms with Gasteiger partial charge in [-0.3, -0.25) is 0 Å². The Balaban J connectivity index is -0.0000000533. The van der Waals surface area contributed by atoms with Gasteiger partial charge in [-0.1, -0.05) is 27.7 Å². The maximum atomic E-state index is 9.48. The number of hydrogen-bond acceptors (Lipinski definition) is 4. The van der Waals surface area contributed by atoms with E-state index >= 15 is 0 Å². The minimum absolute atomic E-state index is 0. The average Bonchev–Trinajstić information content (AvgIpc) is 2.40. The quantitative estimate of drug-likeness (QED) is 0.606. The molecule has 126 valence electrons. The Kier molecular flexibility index (Phi) is 40.9. The SMILES string of the molecule is CCC([NH-])=O.CCC([NH-])=O.CCC([NH-])=O.CCC([NH-])=O.[W]. The molecule has 4 amide bonds. The van der Waals surface area contributed by atoms with E-state index in [-0.39, 0.29) is 21.1 Å². The van der Waals surface area contributed by atoms with Gasteiger partial charge in [-0.2, -0.15) is 0 Å². The molecule has 0 fully saturated rings. The van der Waals surface area contributed by atoms with Crippen molar-refractivity contribution in [2.24, 2.45) is 0 Å². The molecule has 0 bridgehead atoms. The first-order valence-electron chi connectivity index (χ1n) is 6.06. The fourth-order valence-corrected chi connectivity index (χ4v) is 0. The van der Waals surface area contributed by atoms with Crippen molar-refractivity contribution in [3.8, 4) is 0 Å². The molecule has 0 aliphatic carbocycles. The van der Waals surface area contributed by atoms with Gasteiger partial charge in [0, 0.05) is 44.7 Å². The summed E-state index contributed by atoms with van der Waals surface area (Å²) < 4.78 is 0. The predicted molar refractivity (Wildman–Crippen MR) is 78.5 cm³/mol. The number of carbonyl (C=O) groups is 4. The number of nitrogens with one attached hydrogen (secondary N) is 4. The molecule has 8 nitrogen and oxygen atoms in total. The third kappa shape index (κ3) is 118. The van der Waals surface area contributed by atoms with Crippen molar-refractivity contribution in [2.45, 2.75) is 53.4 Å². The number of amides is 4. The number of rotatable bonds is 4. The molecule has 0 aromatic heterocycles. The molecule has 0 heterocycles. The zero-order valence-electron chi connectivity index (χ0n) is 12.9. The molecule has 0 rings (SSSR count). The van der Waals surface area contributed by atoms with Crippen LogP contribution in [0.5, 0.6) is 0 Å². The van der Waals surface area contributed by atoms with Crippen LogP contribution in [-0.2, 0) is 40.2 Å². The van der Waals surface area contributed by atoms with Crippen LogP contribution < -0.4 is 0 Å². The molecule has 9 heteroatoms. The van der Waals surface area contributed by atoms with Gasteiger partial charge in [0.1, 0.15) is 0 Å². The van der Waals surface area contributed by atoms with Crippen molar-refractivity contribution in [1.82, 2.24) is 0 Å². The van der Waals surface area contributed by atoms with E-state index in [0.29, 0.717) is 25.7 Å². The van der Waals surface area contributed by atoms with E-state index in [1.165, 1.54) is 0 Å². The van der Waals surface area contributed by atoms with Crippen LogP contribution >= 0.6 is 0 Å². The van der Waals surface area contributed by atoms with Crippen molar-refractivity contribution < 1.29 is 40.2 Å². The molecular weight excluding hydrogens is 448 g/mol. The first kappa shape index (κ1) is 31.8. The monoisotopic (exact) mass is 472 g/mol. The Hall–Kier alpha value is -1.43. The normalized spacial score (nSPS) is 7.05. The van der Waals surface area contributed by atoms with Crippen LogP contribution in [0.1, 0.15) is 53.4 Å². The van der Waals surface area contributed by atoms with Crippen LogP contribution in [-0.4, -0.2) is 23.6 Å². The zero-order chi connectivity index (χ0) is 17.1. The summed E-state index contributed by atoms with van der Waals surface area (Å²) in [6, 6.07) is 0. The summed E-state index contributed by atoms with van der Waals surface area (Å²) >= 11 is 0. The molecule has 0 aliphatic heterocycles. The molecule has 0 aromatic rings. The molecule has 0 saturated heterocycles. The first-order chi connectivity index (χ1) is 9.08. The van der Waals surface area contributed by atoms with Crippen molar-refractivity contribution in [3.05, 3.63) is 22.9 Å². The van der Waals surface area contributed by atoms with Gasteiger partial charge >= 0.3 is 0 Å². The Morgan fingerprint density at radius 3 is 0.571 bits per heavy atom. The predicted octanol–water partition coefficient (Wildman–Crippen LogP) is 3.90. The number of hydrogen-bond donors (Lipinski definition) is 0. The molecular formula is C12H24N4O4W-4. The van der Waals surface area contributed by atoms with Crippen LogP contribution in [0.3, 0.4) is 0 Å². The summed E-state index contributed by atoms with van der Waals surface area (Å²) in [6.45, 7) is 6.65. The van der Waals surface area contributed by atoms with E-state index in [2.05, 4.69) is 0 Å². The topological polar surface area (TPSA) is 163 Å². The van der Waals surface area contributed by atoms with Crippen LogP contribution in [0, 0.1) is 0 Å². The average molecular weight is 472 g/mol. The smallest absolute Gasteiger partial charge is 0.0484 e. The molecule has 0 aromatic carbocycles. The van der Waals surface area contributed by atoms with Crippen molar-refractivity contribution in [1.29, 1.82) is 0 Å². The van der Waals surface area contributed by atoms with Crippen LogP contribution in [0.15, 0.2) is 0 Å². The van der Waals surface area contributed by atoms with Crippen LogP contribution in [0.25, 0.3) is 22.9 Å². The molecule has 4 N–H and O–H groups in total. The Morgan fingerprint density at radius 1 is 0.524 bits per heavy atom. The van der Waals surface area contributed by atoms with E-state index < -0.39 is 23.6 Å². The van der Waals surface area contributed by atoms with Crippen molar-refractivity contribution >= 4 is 23.6 Å². The minimum atomic E-state index is -0.495. The van der Waals surface area contributed by atoms with E-state index in [4.69, 9.17) is 22.9 Å². The maximum absolute atomic E-state index is 9.48. The molecule has 0 unspecified atom stereocenters. The fraction of sp³-hybridized carbons (Fsp3) is 0.667. The van der Waals surface area contributed by atoms with Gasteiger partial charge in [0.25, 0.3) is 0 Å². The molecule has 0 saturated carbocycles. The first-order valence-corrected chi connectivity index (χ1v) is 6.06. The van der Waals surface area contributed by atoms with Gasteiger partial charge in [0.05, 0.1) is 0 Å². The van der Waals surface area contributed by atoms with Gasteiger partial charge in [-0.15, -0.1) is 0 Å². The molecule has 21 heavy (non-hydrogen) atoms. The zero-order valence-corrected chi connectivity index (χ0v) is 15.8. The van der Waals surface area contributed by atoms with Gasteiger partial charge in [-0.05, 0) is 25.7 Å². The van der Waals surface area contributed by atoms with E-state index in [1.54, 1.807) is 27.7 Å². The summed E-state index contributed by atoms with van der Waals surface area (Å²) in [5.74, 6) is -1.98. The minimum Gasteiger partial charge on any atom is -0.668 e. The fourth-order valence-electron chi connectivity index (χ4n) is 0. The van der Waals surface area contributed by atoms with E-state index in [1.807, 2.05) is 0 Å². The second kappa shape index (κ2) is 27.0.